The Bertz CT molecular complexity index is 528. The second-order valence-electron chi connectivity index (χ2n) is 4.65. The molecule has 0 aliphatic carbocycles. The lowest BCUT2D eigenvalue weighted by Crippen LogP contribution is -2.21. The molecule has 1 aromatic heterocycles. The number of benzene rings is 1. The van der Waals surface area contributed by atoms with E-state index in [1.54, 1.807) is 0 Å². The molecule has 0 unspecified atom stereocenters. The molecule has 3 nitrogen and oxygen atoms in total. The number of nitrogens with zero attached hydrogens (tertiary/aromatic N) is 2. The van der Waals surface area contributed by atoms with E-state index in [4.69, 9.17) is 5.73 Å². The molecule has 2 aromatic rings. The Morgan fingerprint density at radius 2 is 2.11 bits per heavy atom. The van der Waals surface area contributed by atoms with E-state index in [9.17, 15) is 0 Å². The van der Waals surface area contributed by atoms with E-state index in [1.165, 1.54) is 0 Å². The number of halogens is 1. The maximum absolute atomic E-state index is 6.01. The number of pyridine rings is 1. The van der Waals surface area contributed by atoms with Crippen LogP contribution in [0.25, 0.3) is 0 Å². The minimum atomic E-state index is 0.832. The van der Waals surface area contributed by atoms with Gasteiger partial charge in [0.1, 0.15) is 0 Å². The van der Waals surface area contributed by atoms with Crippen LogP contribution in [0.15, 0.2) is 47.1 Å². The first-order valence-corrected chi connectivity index (χ1v) is 7.07. The van der Waals surface area contributed by atoms with Gasteiger partial charge in [-0.15, -0.1) is 0 Å². The summed E-state index contributed by atoms with van der Waals surface area (Å²) in [6, 6.07) is 12.1. The van der Waals surface area contributed by atoms with Crippen molar-refractivity contribution in [1.29, 1.82) is 0 Å². The summed E-state index contributed by atoms with van der Waals surface area (Å²) in [7, 11) is 2.10. The molecule has 0 saturated carbocycles. The third-order valence-corrected chi connectivity index (χ3v) is 3.52. The van der Waals surface area contributed by atoms with E-state index in [2.05, 4.69) is 45.0 Å². The van der Waals surface area contributed by atoms with Gasteiger partial charge in [0.2, 0.25) is 0 Å². The topological polar surface area (TPSA) is 42.2 Å². The predicted molar refractivity (Wildman–Crippen MR) is 82.8 cm³/mol. The average molecular weight is 320 g/mol. The molecular weight excluding hydrogens is 302 g/mol. The van der Waals surface area contributed by atoms with Crippen LogP contribution in [0.3, 0.4) is 0 Å². The molecule has 100 valence electrons. The van der Waals surface area contributed by atoms with Crippen LogP contribution in [0.2, 0.25) is 0 Å². The average Bonchev–Trinajstić information content (AvgIpc) is 2.41. The van der Waals surface area contributed by atoms with Crippen molar-refractivity contribution in [2.75, 3.05) is 19.3 Å². The molecule has 4 heteroatoms. The van der Waals surface area contributed by atoms with Crippen LogP contribution >= 0.6 is 15.9 Å². The fourth-order valence-electron chi connectivity index (χ4n) is 1.93. The number of aromatic nitrogens is 1. The summed E-state index contributed by atoms with van der Waals surface area (Å²) < 4.78 is 1.02. The van der Waals surface area contributed by atoms with E-state index in [-0.39, 0.29) is 0 Å². The zero-order valence-electron chi connectivity index (χ0n) is 11.0. The number of nitrogen functional groups attached to an aromatic ring is 1. The second-order valence-corrected chi connectivity index (χ2v) is 5.57. The van der Waals surface area contributed by atoms with Crippen molar-refractivity contribution in [3.05, 3.63) is 58.3 Å². The number of hydrogen-bond acceptors (Lipinski definition) is 3. The van der Waals surface area contributed by atoms with Gasteiger partial charge in [-0.1, -0.05) is 28.1 Å². The van der Waals surface area contributed by atoms with Crippen LogP contribution in [0, 0.1) is 0 Å². The highest BCUT2D eigenvalue weighted by Gasteiger charge is 2.05. The Morgan fingerprint density at radius 3 is 2.79 bits per heavy atom. The number of rotatable bonds is 5. The van der Waals surface area contributed by atoms with Crippen molar-refractivity contribution in [2.45, 2.75) is 13.0 Å². The quantitative estimate of drug-likeness (QED) is 0.861. The Hall–Kier alpha value is -1.39. The number of nitrogens with two attached hydrogens (primary N) is 1. The first kappa shape index (κ1) is 14.0. The second kappa shape index (κ2) is 6.68. The third kappa shape index (κ3) is 4.33. The summed E-state index contributed by atoms with van der Waals surface area (Å²) in [4.78, 5) is 6.59. The minimum Gasteiger partial charge on any atom is -0.398 e. The Balaban J connectivity index is 1.89. The zero-order chi connectivity index (χ0) is 13.7. The van der Waals surface area contributed by atoms with Crippen molar-refractivity contribution in [2.24, 2.45) is 0 Å². The molecule has 19 heavy (non-hydrogen) atoms. The van der Waals surface area contributed by atoms with Gasteiger partial charge in [0.25, 0.3) is 0 Å². The van der Waals surface area contributed by atoms with Crippen molar-refractivity contribution >= 4 is 21.6 Å². The van der Waals surface area contributed by atoms with E-state index in [0.29, 0.717) is 0 Å². The van der Waals surface area contributed by atoms with E-state index in [0.717, 1.165) is 40.9 Å². The molecule has 1 aromatic carbocycles. The van der Waals surface area contributed by atoms with Crippen molar-refractivity contribution in [1.82, 2.24) is 9.88 Å². The summed E-state index contributed by atoms with van der Waals surface area (Å²) in [5, 5.41) is 0. The zero-order valence-corrected chi connectivity index (χ0v) is 12.6. The molecule has 0 bridgehead atoms. The first-order valence-electron chi connectivity index (χ1n) is 6.27. The van der Waals surface area contributed by atoms with Gasteiger partial charge in [-0.3, -0.25) is 4.98 Å². The maximum atomic E-state index is 6.01. The highest BCUT2D eigenvalue weighted by atomic mass is 79.9. The summed E-state index contributed by atoms with van der Waals surface area (Å²) in [5.41, 5.74) is 9.12. The van der Waals surface area contributed by atoms with Gasteiger partial charge in [0, 0.05) is 41.6 Å². The Labute approximate surface area is 122 Å². The molecular formula is C15H18BrN3. The fourth-order valence-corrected chi connectivity index (χ4v) is 2.31. The van der Waals surface area contributed by atoms with Crippen LogP contribution in [0.5, 0.6) is 0 Å². The molecule has 0 atom stereocenters. The largest absolute Gasteiger partial charge is 0.398 e. The lowest BCUT2D eigenvalue weighted by Gasteiger charge is -2.17. The van der Waals surface area contributed by atoms with Gasteiger partial charge >= 0.3 is 0 Å². The molecule has 1 heterocycles. The van der Waals surface area contributed by atoms with E-state index in [1.807, 2.05) is 30.5 Å². The lowest BCUT2D eigenvalue weighted by atomic mass is 10.1. The number of hydrogen-bond donors (Lipinski definition) is 1. The summed E-state index contributed by atoms with van der Waals surface area (Å²) in [6.45, 7) is 1.82. The first-order chi connectivity index (χ1) is 9.15. The van der Waals surface area contributed by atoms with E-state index >= 15 is 0 Å². The molecule has 0 aliphatic heterocycles. The number of likely N-dealkylation sites (N-methyl/N-ethyl adjacent to an activating group) is 1. The van der Waals surface area contributed by atoms with Crippen LogP contribution in [0.1, 0.15) is 11.3 Å². The summed E-state index contributed by atoms with van der Waals surface area (Å²) in [6.07, 6.45) is 2.79. The highest BCUT2D eigenvalue weighted by Crippen LogP contribution is 2.19. The lowest BCUT2D eigenvalue weighted by molar-refractivity contribution is 0.330. The van der Waals surface area contributed by atoms with Gasteiger partial charge in [-0.2, -0.15) is 0 Å². The van der Waals surface area contributed by atoms with Gasteiger partial charge in [-0.25, -0.2) is 0 Å². The van der Waals surface area contributed by atoms with Crippen LogP contribution in [-0.4, -0.2) is 23.5 Å². The standard InChI is InChI=1S/C15H18BrN3/c1-19(9-7-14-4-2-3-8-18-14)11-12-5-6-13(16)10-15(12)17/h2-6,8,10H,7,9,11,17H2,1H3. The molecule has 2 N–H and O–H groups in total. The molecule has 0 spiro atoms. The van der Waals surface area contributed by atoms with Gasteiger partial charge in [-0.05, 0) is 36.9 Å². The molecule has 0 saturated heterocycles. The van der Waals surface area contributed by atoms with Crippen LogP contribution in [-0.2, 0) is 13.0 Å². The number of anilines is 1. The van der Waals surface area contributed by atoms with Crippen LogP contribution < -0.4 is 5.73 Å². The molecule has 0 amide bonds. The maximum Gasteiger partial charge on any atom is 0.0416 e. The Kier molecular flexibility index (Phi) is 4.93. The molecule has 0 aliphatic rings. The monoisotopic (exact) mass is 319 g/mol. The summed E-state index contributed by atoms with van der Waals surface area (Å²) in [5.74, 6) is 0. The van der Waals surface area contributed by atoms with Crippen molar-refractivity contribution in [3.63, 3.8) is 0 Å². The normalized spacial score (nSPS) is 10.9. The smallest absolute Gasteiger partial charge is 0.0416 e. The van der Waals surface area contributed by atoms with Gasteiger partial charge in [0.05, 0.1) is 0 Å². The minimum absolute atomic E-state index is 0.832. The van der Waals surface area contributed by atoms with Gasteiger partial charge < -0.3 is 10.6 Å². The van der Waals surface area contributed by atoms with Crippen LogP contribution in [0.4, 0.5) is 5.69 Å². The van der Waals surface area contributed by atoms with Crippen molar-refractivity contribution in [3.8, 4) is 0 Å². The van der Waals surface area contributed by atoms with Crippen molar-refractivity contribution < 1.29 is 0 Å². The van der Waals surface area contributed by atoms with E-state index < -0.39 is 0 Å². The fraction of sp³-hybridized carbons (Fsp3) is 0.267. The Morgan fingerprint density at radius 1 is 1.26 bits per heavy atom. The highest BCUT2D eigenvalue weighted by molar-refractivity contribution is 9.10. The summed E-state index contributed by atoms with van der Waals surface area (Å²) >= 11 is 3.42. The molecule has 0 radical (unpaired) electrons. The predicted octanol–water partition coefficient (Wildman–Crippen LogP) is 3.10. The van der Waals surface area contributed by atoms with Gasteiger partial charge in [0.15, 0.2) is 0 Å². The molecule has 2 rings (SSSR count). The third-order valence-electron chi connectivity index (χ3n) is 3.02. The SMILES string of the molecule is CN(CCc1ccccn1)Cc1ccc(Br)cc1N. The molecule has 0 fully saturated rings.